The molecule has 0 aliphatic heterocycles. The van der Waals surface area contributed by atoms with Crippen LogP contribution in [0, 0.1) is 0 Å². The van der Waals surface area contributed by atoms with Gasteiger partial charge in [0, 0.05) is 11.6 Å². The zero-order chi connectivity index (χ0) is 17.5. The third-order valence-electron chi connectivity index (χ3n) is 3.44. The minimum Gasteiger partial charge on any atom is -0.291 e. The SMILES string of the molecule is CC(/C=N/Nc1nc(-c2ccccc2)cc(=O)[nH]1)=C\c1ccccc1. The van der Waals surface area contributed by atoms with E-state index < -0.39 is 0 Å². The van der Waals surface area contributed by atoms with Crippen LogP contribution in [0.25, 0.3) is 17.3 Å². The highest BCUT2D eigenvalue weighted by atomic mass is 16.1. The molecule has 1 heterocycles. The van der Waals surface area contributed by atoms with Gasteiger partial charge >= 0.3 is 0 Å². The molecular formula is C20H18N4O. The molecule has 2 aromatic carbocycles. The molecule has 0 atom stereocenters. The number of hydrazone groups is 1. The zero-order valence-electron chi connectivity index (χ0n) is 13.8. The predicted octanol–water partition coefficient (Wildman–Crippen LogP) is 3.94. The number of benzene rings is 2. The maximum Gasteiger partial charge on any atom is 0.252 e. The second-order valence-corrected chi connectivity index (χ2v) is 5.51. The molecule has 0 amide bonds. The number of nitrogens with zero attached hydrogens (tertiary/aromatic N) is 2. The van der Waals surface area contributed by atoms with Gasteiger partial charge in [-0.25, -0.2) is 10.4 Å². The summed E-state index contributed by atoms with van der Waals surface area (Å²) < 4.78 is 0. The van der Waals surface area contributed by atoms with Crippen molar-refractivity contribution in [2.75, 3.05) is 5.43 Å². The first kappa shape index (κ1) is 16.4. The van der Waals surface area contributed by atoms with Crippen molar-refractivity contribution in [3.05, 3.63) is 88.2 Å². The summed E-state index contributed by atoms with van der Waals surface area (Å²) in [5.74, 6) is 0.301. The number of hydrogen-bond donors (Lipinski definition) is 2. The minimum absolute atomic E-state index is 0.233. The number of nitrogens with one attached hydrogen (secondary N) is 2. The van der Waals surface area contributed by atoms with Crippen LogP contribution in [0.4, 0.5) is 5.95 Å². The van der Waals surface area contributed by atoms with Crippen molar-refractivity contribution in [2.45, 2.75) is 6.92 Å². The molecule has 1 aromatic heterocycles. The standard InChI is InChI=1S/C20H18N4O/c1-15(12-16-8-4-2-5-9-16)14-21-24-20-22-18(13-19(25)23-20)17-10-6-3-7-11-17/h2-14H,1H3,(H2,22,23,24,25)/b15-12+,21-14+. The van der Waals surface area contributed by atoms with Gasteiger partial charge in [-0.3, -0.25) is 9.78 Å². The fourth-order valence-corrected chi connectivity index (χ4v) is 2.31. The van der Waals surface area contributed by atoms with Crippen molar-refractivity contribution in [1.82, 2.24) is 9.97 Å². The Labute approximate surface area is 145 Å². The molecule has 0 spiro atoms. The van der Waals surface area contributed by atoms with E-state index in [0.717, 1.165) is 16.7 Å². The van der Waals surface area contributed by atoms with Crippen molar-refractivity contribution in [2.24, 2.45) is 5.10 Å². The number of aromatic amines is 1. The third kappa shape index (κ3) is 4.75. The minimum atomic E-state index is -0.233. The number of anilines is 1. The van der Waals surface area contributed by atoms with Gasteiger partial charge in [0.05, 0.1) is 11.9 Å². The summed E-state index contributed by atoms with van der Waals surface area (Å²) in [7, 11) is 0. The lowest BCUT2D eigenvalue weighted by atomic mass is 10.1. The van der Waals surface area contributed by atoms with E-state index in [2.05, 4.69) is 20.5 Å². The monoisotopic (exact) mass is 330 g/mol. The number of hydrogen-bond acceptors (Lipinski definition) is 4. The highest BCUT2D eigenvalue weighted by Gasteiger charge is 2.02. The summed E-state index contributed by atoms with van der Waals surface area (Å²) in [6, 6.07) is 21.0. The summed E-state index contributed by atoms with van der Waals surface area (Å²) in [6.07, 6.45) is 3.70. The van der Waals surface area contributed by atoms with Crippen LogP contribution in [-0.2, 0) is 0 Å². The highest BCUT2D eigenvalue weighted by molar-refractivity contribution is 5.85. The fraction of sp³-hybridized carbons (Fsp3) is 0.0500. The molecule has 2 N–H and O–H groups in total. The van der Waals surface area contributed by atoms with Crippen LogP contribution in [0.1, 0.15) is 12.5 Å². The predicted molar refractivity (Wildman–Crippen MR) is 103 cm³/mol. The van der Waals surface area contributed by atoms with Crippen LogP contribution >= 0.6 is 0 Å². The molecule has 124 valence electrons. The summed E-state index contributed by atoms with van der Waals surface area (Å²) in [5, 5.41) is 4.14. The molecule has 0 bridgehead atoms. The first-order valence-electron chi connectivity index (χ1n) is 7.90. The van der Waals surface area contributed by atoms with Crippen LogP contribution in [0.5, 0.6) is 0 Å². The van der Waals surface area contributed by atoms with Crippen LogP contribution in [-0.4, -0.2) is 16.2 Å². The largest absolute Gasteiger partial charge is 0.291 e. The average molecular weight is 330 g/mol. The number of aromatic nitrogens is 2. The second kappa shape index (κ2) is 7.88. The Balaban J connectivity index is 1.74. The van der Waals surface area contributed by atoms with Crippen LogP contribution in [0.3, 0.4) is 0 Å². The second-order valence-electron chi connectivity index (χ2n) is 5.51. The topological polar surface area (TPSA) is 70.1 Å². The van der Waals surface area contributed by atoms with Crippen molar-refractivity contribution >= 4 is 18.2 Å². The van der Waals surface area contributed by atoms with Gasteiger partial charge in [-0.2, -0.15) is 5.10 Å². The summed E-state index contributed by atoms with van der Waals surface area (Å²) in [4.78, 5) is 18.8. The Morgan fingerprint density at radius 2 is 1.76 bits per heavy atom. The van der Waals surface area contributed by atoms with E-state index in [9.17, 15) is 4.79 Å². The molecule has 25 heavy (non-hydrogen) atoms. The van der Waals surface area contributed by atoms with E-state index in [1.807, 2.05) is 73.7 Å². The fourth-order valence-electron chi connectivity index (χ4n) is 2.31. The summed E-state index contributed by atoms with van der Waals surface area (Å²) in [5.41, 5.74) is 6.09. The lowest BCUT2D eigenvalue weighted by molar-refractivity contribution is 1.09. The van der Waals surface area contributed by atoms with E-state index in [-0.39, 0.29) is 5.56 Å². The Kier molecular flexibility index (Phi) is 5.16. The van der Waals surface area contributed by atoms with Gasteiger partial charge in [0.1, 0.15) is 0 Å². The molecule has 0 radical (unpaired) electrons. The molecule has 3 rings (SSSR count). The van der Waals surface area contributed by atoms with Gasteiger partial charge in [-0.05, 0) is 18.1 Å². The van der Waals surface area contributed by atoms with E-state index in [1.54, 1.807) is 6.21 Å². The molecule has 0 unspecified atom stereocenters. The van der Waals surface area contributed by atoms with E-state index in [0.29, 0.717) is 11.6 Å². The van der Waals surface area contributed by atoms with Crippen molar-refractivity contribution in [1.29, 1.82) is 0 Å². The van der Waals surface area contributed by atoms with Gasteiger partial charge < -0.3 is 0 Å². The Morgan fingerprint density at radius 3 is 2.48 bits per heavy atom. The summed E-state index contributed by atoms with van der Waals surface area (Å²) >= 11 is 0. The van der Waals surface area contributed by atoms with E-state index >= 15 is 0 Å². The molecule has 0 saturated carbocycles. The molecule has 5 nitrogen and oxygen atoms in total. The van der Waals surface area contributed by atoms with Crippen molar-refractivity contribution in [3.8, 4) is 11.3 Å². The molecule has 5 heteroatoms. The van der Waals surface area contributed by atoms with Crippen LogP contribution in [0.2, 0.25) is 0 Å². The van der Waals surface area contributed by atoms with E-state index in [1.165, 1.54) is 6.07 Å². The Morgan fingerprint density at radius 1 is 1.08 bits per heavy atom. The molecular weight excluding hydrogens is 312 g/mol. The normalized spacial score (nSPS) is 11.6. The summed E-state index contributed by atoms with van der Waals surface area (Å²) in [6.45, 7) is 1.95. The Hall–Kier alpha value is -3.47. The molecule has 0 aliphatic carbocycles. The van der Waals surface area contributed by atoms with Gasteiger partial charge in [0.15, 0.2) is 0 Å². The lowest BCUT2D eigenvalue weighted by Gasteiger charge is -2.03. The van der Waals surface area contributed by atoms with Gasteiger partial charge in [-0.15, -0.1) is 0 Å². The molecule has 0 saturated heterocycles. The smallest absolute Gasteiger partial charge is 0.252 e. The van der Waals surface area contributed by atoms with Gasteiger partial charge in [-0.1, -0.05) is 66.7 Å². The average Bonchev–Trinajstić information content (AvgIpc) is 2.63. The molecule has 0 aliphatic rings. The molecule has 3 aromatic rings. The van der Waals surface area contributed by atoms with Gasteiger partial charge in [0.2, 0.25) is 5.95 Å². The van der Waals surface area contributed by atoms with Crippen molar-refractivity contribution in [3.63, 3.8) is 0 Å². The number of rotatable bonds is 5. The third-order valence-corrected chi connectivity index (χ3v) is 3.44. The first-order valence-corrected chi connectivity index (χ1v) is 7.90. The van der Waals surface area contributed by atoms with E-state index in [4.69, 9.17) is 0 Å². The highest BCUT2D eigenvalue weighted by Crippen LogP contribution is 2.15. The maximum absolute atomic E-state index is 11.8. The van der Waals surface area contributed by atoms with Crippen molar-refractivity contribution < 1.29 is 0 Å². The Bertz CT molecular complexity index is 944. The zero-order valence-corrected chi connectivity index (χ0v) is 13.8. The molecule has 0 fully saturated rings. The van der Waals surface area contributed by atoms with Crippen LogP contribution in [0.15, 0.2) is 82.2 Å². The van der Waals surface area contributed by atoms with Gasteiger partial charge in [0.25, 0.3) is 5.56 Å². The quantitative estimate of drug-likeness (QED) is 0.550. The van der Waals surface area contributed by atoms with Crippen LogP contribution < -0.4 is 11.0 Å². The number of H-pyrrole nitrogens is 1. The maximum atomic E-state index is 11.8. The lowest BCUT2D eigenvalue weighted by Crippen LogP contribution is -2.10. The number of allylic oxidation sites excluding steroid dienone is 1. The first-order chi connectivity index (χ1) is 12.2.